The van der Waals surface area contributed by atoms with Crippen LogP contribution in [0.5, 0.6) is 5.75 Å². The number of amides is 3. The quantitative estimate of drug-likeness (QED) is 0.185. The zero-order valence-electron chi connectivity index (χ0n) is 26.1. The molecule has 2 unspecified atom stereocenters. The lowest BCUT2D eigenvalue weighted by molar-refractivity contribution is -0.138. The van der Waals surface area contributed by atoms with Gasteiger partial charge in [0.1, 0.15) is 22.6 Å². The second kappa shape index (κ2) is 15.4. The molecule has 1 aliphatic rings. The molecule has 10 nitrogen and oxygen atoms in total. The van der Waals surface area contributed by atoms with Gasteiger partial charge in [0.25, 0.3) is 5.91 Å². The number of rotatable bonds is 14. The zero-order valence-corrected chi connectivity index (χ0v) is 26.9. The summed E-state index contributed by atoms with van der Waals surface area (Å²) in [4.78, 5) is 50.7. The largest absolute Gasteiger partial charge is 0.484 e. The van der Waals surface area contributed by atoms with Crippen LogP contribution in [0.1, 0.15) is 50.5 Å². The number of ether oxygens (including phenoxy) is 1. The van der Waals surface area contributed by atoms with E-state index >= 15 is 0 Å². The molecule has 1 fully saturated rings. The van der Waals surface area contributed by atoms with Gasteiger partial charge < -0.3 is 30.5 Å². The number of halogens is 2. The van der Waals surface area contributed by atoms with Crippen molar-refractivity contribution in [3.05, 3.63) is 95.6 Å². The molecule has 3 aromatic carbocycles. The van der Waals surface area contributed by atoms with E-state index in [9.17, 15) is 33.1 Å². The number of hydrogen-bond acceptors (Lipinski definition) is 7. The van der Waals surface area contributed by atoms with Gasteiger partial charge >= 0.3 is 5.97 Å². The van der Waals surface area contributed by atoms with Gasteiger partial charge in [0.05, 0.1) is 25.1 Å². The van der Waals surface area contributed by atoms with Gasteiger partial charge in [-0.05, 0) is 65.1 Å². The van der Waals surface area contributed by atoms with Crippen molar-refractivity contribution in [3.63, 3.8) is 0 Å². The van der Waals surface area contributed by atoms with E-state index in [2.05, 4.69) is 10.6 Å². The van der Waals surface area contributed by atoms with Gasteiger partial charge in [-0.15, -0.1) is 11.8 Å². The predicted octanol–water partition coefficient (Wildman–Crippen LogP) is 4.39. The lowest BCUT2D eigenvalue weighted by Gasteiger charge is -2.47. The molecule has 47 heavy (non-hydrogen) atoms. The number of nitrogens with one attached hydrogen (secondary N) is 2. The number of β-lactam (4-membered cyclic amide) rings is 1. The highest BCUT2D eigenvalue weighted by Gasteiger charge is 2.49. The summed E-state index contributed by atoms with van der Waals surface area (Å²) in [6, 6.07) is 16.7. The van der Waals surface area contributed by atoms with Crippen LogP contribution in [0.2, 0.25) is 0 Å². The van der Waals surface area contributed by atoms with Crippen LogP contribution in [0, 0.1) is 17.0 Å². The molecular weight excluding hydrogens is 632 g/mol. The Kier molecular flexibility index (Phi) is 11.6. The van der Waals surface area contributed by atoms with E-state index in [0.29, 0.717) is 17.0 Å². The van der Waals surface area contributed by atoms with Crippen molar-refractivity contribution in [2.24, 2.45) is 5.41 Å². The SMILES string of the molecule is CC(C)(C)C(CC(=O)O)NC(=O)CNC(=O)COc1ccc(C2[C@@H](SC[C@H](O)c3ccc(F)cc3)C(=O)N2c2ccc(F)cc2)cc1. The van der Waals surface area contributed by atoms with E-state index in [1.54, 1.807) is 49.9 Å². The average molecular weight is 670 g/mol. The fourth-order valence-electron chi connectivity index (χ4n) is 4.95. The van der Waals surface area contributed by atoms with E-state index in [0.717, 1.165) is 5.56 Å². The van der Waals surface area contributed by atoms with Crippen molar-refractivity contribution in [3.8, 4) is 5.75 Å². The van der Waals surface area contributed by atoms with Gasteiger partial charge in [-0.2, -0.15) is 0 Å². The smallest absolute Gasteiger partial charge is 0.305 e. The van der Waals surface area contributed by atoms with Crippen LogP contribution in [0.25, 0.3) is 0 Å². The van der Waals surface area contributed by atoms with Gasteiger partial charge in [0, 0.05) is 17.5 Å². The number of carbonyl (C=O) groups is 4. The lowest BCUT2D eigenvalue weighted by atomic mass is 9.84. The van der Waals surface area contributed by atoms with Crippen molar-refractivity contribution < 1.29 is 42.9 Å². The molecule has 250 valence electrons. The van der Waals surface area contributed by atoms with Crippen molar-refractivity contribution in [1.82, 2.24) is 10.6 Å². The maximum absolute atomic E-state index is 13.6. The normalized spacial score (nSPS) is 17.3. The average Bonchev–Trinajstić information content (AvgIpc) is 3.02. The molecule has 4 N–H and O–H groups in total. The van der Waals surface area contributed by atoms with E-state index in [1.165, 1.54) is 60.3 Å². The molecule has 0 saturated carbocycles. The summed E-state index contributed by atoms with van der Waals surface area (Å²) in [7, 11) is 0. The maximum atomic E-state index is 13.6. The number of carboxylic acids is 1. The van der Waals surface area contributed by atoms with E-state index in [-0.39, 0.29) is 31.2 Å². The first kappa shape index (κ1) is 35.4. The third kappa shape index (κ3) is 9.52. The van der Waals surface area contributed by atoms with Crippen LogP contribution in [0.4, 0.5) is 14.5 Å². The molecule has 13 heteroatoms. The van der Waals surface area contributed by atoms with Crippen molar-refractivity contribution in [1.29, 1.82) is 0 Å². The molecule has 1 heterocycles. The van der Waals surface area contributed by atoms with Gasteiger partial charge in [0.2, 0.25) is 11.8 Å². The number of hydrogen-bond donors (Lipinski definition) is 4. The Morgan fingerprint density at radius 3 is 2.11 bits per heavy atom. The van der Waals surface area contributed by atoms with Crippen molar-refractivity contribution in [2.75, 3.05) is 23.8 Å². The Morgan fingerprint density at radius 2 is 1.53 bits per heavy atom. The molecule has 0 aromatic heterocycles. The fourth-order valence-corrected chi connectivity index (χ4v) is 6.25. The standard InChI is InChI=1S/C34H37F2N3O7S/c1-34(2,3)27(16-30(43)44)38-28(41)17-37-29(42)18-46-25-14-6-21(7-15-25)31-32(33(45)39(31)24-12-10-23(36)11-13-24)47-19-26(40)20-4-8-22(35)9-5-20/h4-15,26-27,31-32,40H,16-19H2,1-3H3,(H,37,42)(H,38,41)(H,43,44)/t26-,27?,31?,32+/m0/s1. The number of aliphatic hydroxyl groups excluding tert-OH is 1. The fraction of sp³-hybridized carbons (Fsp3) is 0.353. The molecule has 4 atom stereocenters. The maximum Gasteiger partial charge on any atom is 0.305 e. The number of carbonyl (C=O) groups excluding carboxylic acids is 3. The molecule has 3 aromatic rings. The Bertz CT molecular complexity index is 1560. The second-order valence-electron chi connectivity index (χ2n) is 12.2. The summed E-state index contributed by atoms with van der Waals surface area (Å²) in [6.07, 6.45) is -1.18. The third-order valence-electron chi connectivity index (χ3n) is 7.64. The van der Waals surface area contributed by atoms with Crippen LogP contribution in [-0.4, -0.2) is 64.1 Å². The van der Waals surface area contributed by atoms with Crippen LogP contribution < -0.4 is 20.3 Å². The molecular formula is C34H37F2N3O7S. The number of aliphatic carboxylic acids is 1. The Labute approximate surface area is 275 Å². The summed E-state index contributed by atoms with van der Waals surface area (Å²) < 4.78 is 32.5. The monoisotopic (exact) mass is 669 g/mol. The molecule has 0 aliphatic carbocycles. The van der Waals surface area contributed by atoms with Gasteiger partial charge in [0.15, 0.2) is 6.61 Å². The molecule has 4 rings (SSSR count). The summed E-state index contributed by atoms with van der Waals surface area (Å²) >= 11 is 1.26. The summed E-state index contributed by atoms with van der Waals surface area (Å²) in [5.74, 6) is -2.66. The Hall–Kier alpha value is -4.49. The van der Waals surface area contributed by atoms with E-state index in [1.807, 2.05) is 0 Å². The number of benzene rings is 3. The van der Waals surface area contributed by atoms with E-state index < -0.39 is 58.3 Å². The predicted molar refractivity (Wildman–Crippen MR) is 173 cm³/mol. The zero-order chi connectivity index (χ0) is 34.3. The Balaban J connectivity index is 1.36. The van der Waals surface area contributed by atoms with Crippen molar-refractivity contribution >= 4 is 41.1 Å². The Morgan fingerprint density at radius 1 is 0.936 bits per heavy atom. The van der Waals surface area contributed by atoms with Crippen LogP contribution in [-0.2, 0) is 19.2 Å². The number of anilines is 1. The number of nitrogens with zero attached hydrogens (tertiary/aromatic N) is 1. The van der Waals surface area contributed by atoms with Crippen LogP contribution in [0.15, 0.2) is 72.8 Å². The molecule has 3 amide bonds. The highest BCUT2D eigenvalue weighted by Crippen LogP contribution is 2.46. The molecule has 0 bridgehead atoms. The summed E-state index contributed by atoms with van der Waals surface area (Å²) in [5.41, 5.74) is 1.28. The number of thioether (sulfide) groups is 1. The highest BCUT2D eigenvalue weighted by molar-refractivity contribution is 8.00. The summed E-state index contributed by atoms with van der Waals surface area (Å²) in [5, 5.41) is 24.3. The van der Waals surface area contributed by atoms with E-state index in [4.69, 9.17) is 9.84 Å². The minimum Gasteiger partial charge on any atom is -0.484 e. The first-order valence-electron chi connectivity index (χ1n) is 14.9. The van der Waals surface area contributed by atoms with Gasteiger partial charge in [-0.3, -0.25) is 19.2 Å². The lowest BCUT2D eigenvalue weighted by Crippen LogP contribution is -2.57. The number of carboxylic acid groups (broad SMARTS) is 1. The molecule has 1 saturated heterocycles. The topological polar surface area (TPSA) is 145 Å². The van der Waals surface area contributed by atoms with Gasteiger partial charge in [-0.25, -0.2) is 8.78 Å². The first-order valence-corrected chi connectivity index (χ1v) is 15.9. The minimum absolute atomic E-state index is 0.181. The molecule has 1 aliphatic heterocycles. The second-order valence-corrected chi connectivity index (χ2v) is 13.3. The molecule has 0 spiro atoms. The van der Waals surface area contributed by atoms with Crippen LogP contribution in [0.3, 0.4) is 0 Å². The molecule has 0 radical (unpaired) electrons. The first-order chi connectivity index (χ1) is 22.2. The van der Waals surface area contributed by atoms with Crippen LogP contribution >= 0.6 is 11.8 Å². The number of aliphatic hydroxyl groups is 1. The highest BCUT2D eigenvalue weighted by atomic mass is 32.2. The summed E-state index contributed by atoms with van der Waals surface area (Å²) in [6.45, 7) is 4.69. The minimum atomic E-state index is -1.05. The third-order valence-corrected chi connectivity index (χ3v) is 8.96. The van der Waals surface area contributed by atoms with Crippen molar-refractivity contribution in [2.45, 2.75) is 50.6 Å². The van der Waals surface area contributed by atoms with Gasteiger partial charge in [-0.1, -0.05) is 45.0 Å².